The van der Waals surface area contributed by atoms with Gasteiger partial charge in [0.05, 0.1) is 12.3 Å². The van der Waals surface area contributed by atoms with Crippen LogP contribution in [0.3, 0.4) is 0 Å². The molecule has 0 bridgehead atoms. The van der Waals surface area contributed by atoms with E-state index in [1.165, 1.54) is 32.1 Å². The second-order valence-corrected chi connectivity index (χ2v) is 7.88. The molecule has 2 N–H and O–H groups in total. The molecule has 1 aliphatic carbocycles. The van der Waals surface area contributed by atoms with Crippen LogP contribution in [0.5, 0.6) is 0 Å². The van der Waals surface area contributed by atoms with E-state index in [4.69, 9.17) is 9.15 Å². The van der Waals surface area contributed by atoms with Gasteiger partial charge in [0.15, 0.2) is 5.96 Å². The van der Waals surface area contributed by atoms with Gasteiger partial charge in [0.1, 0.15) is 5.76 Å². The van der Waals surface area contributed by atoms with Gasteiger partial charge in [0.25, 0.3) is 0 Å². The van der Waals surface area contributed by atoms with E-state index in [2.05, 4.69) is 33.5 Å². The van der Waals surface area contributed by atoms with Crippen molar-refractivity contribution in [1.29, 1.82) is 0 Å². The molecule has 1 aliphatic heterocycles. The second kappa shape index (κ2) is 12.0. The smallest absolute Gasteiger partial charge is 0.191 e. The monoisotopic (exact) mass is 504 g/mol. The largest absolute Gasteiger partial charge is 0.468 e. The number of piperidine rings is 1. The number of likely N-dealkylation sites (tertiary alicyclic amines) is 1. The maximum Gasteiger partial charge on any atom is 0.191 e. The van der Waals surface area contributed by atoms with Gasteiger partial charge >= 0.3 is 0 Å². The van der Waals surface area contributed by atoms with Gasteiger partial charge in [-0.25, -0.2) is 0 Å². The third-order valence-electron chi connectivity index (χ3n) is 5.96. The van der Waals surface area contributed by atoms with Crippen molar-refractivity contribution in [2.45, 2.75) is 51.5 Å². The molecular weight excluding hydrogens is 467 g/mol. The van der Waals surface area contributed by atoms with Gasteiger partial charge in [-0.05, 0) is 69.7 Å². The Morgan fingerprint density at radius 1 is 1.29 bits per heavy atom. The van der Waals surface area contributed by atoms with Gasteiger partial charge in [-0.2, -0.15) is 0 Å². The predicted octanol–water partition coefficient (Wildman–Crippen LogP) is 3.80. The Morgan fingerprint density at radius 2 is 2.07 bits per heavy atom. The third kappa shape index (κ3) is 6.91. The number of halogens is 1. The average Bonchev–Trinajstić information content (AvgIpc) is 3.26. The fraction of sp³-hybridized carbons (Fsp3) is 0.762. The number of ether oxygens (including phenoxy) is 1. The van der Waals surface area contributed by atoms with Gasteiger partial charge < -0.3 is 19.8 Å². The van der Waals surface area contributed by atoms with E-state index in [9.17, 15) is 0 Å². The Hall–Kier alpha value is -0.800. The summed E-state index contributed by atoms with van der Waals surface area (Å²) in [6.45, 7) is 7.77. The summed E-state index contributed by atoms with van der Waals surface area (Å²) in [5, 5.41) is 7.07. The molecule has 0 amide bonds. The van der Waals surface area contributed by atoms with Crippen molar-refractivity contribution < 1.29 is 9.15 Å². The lowest BCUT2D eigenvalue weighted by molar-refractivity contribution is 0.128. The number of rotatable bonds is 10. The lowest BCUT2D eigenvalue weighted by Gasteiger charge is -2.33. The molecule has 1 saturated heterocycles. The van der Waals surface area contributed by atoms with Gasteiger partial charge in [-0.3, -0.25) is 9.89 Å². The quantitative estimate of drug-likeness (QED) is 0.220. The second-order valence-electron chi connectivity index (χ2n) is 7.88. The summed E-state index contributed by atoms with van der Waals surface area (Å²) >= 11 is 0. The highest BCUT2D eigenvalue weighted by atomic mass is 127. The SMILES string of the molecule is CCOCCC1(CNC(=NC)NCC(c2ccco2)N2CCCCC2)CC1.I. The third-order valence-corrected chi connectivity index (χ3v) is 5.96. The van der Waals surface area contributed by atoms with E-state index in [0.29, 0.717) is 5.41 Å². The minimum atomic E-state index is 0. The summed E-state index contributed by atoms with van der Waals surface area (Å²) in [6, 6.07) is 4.32. The van der Waals surface area contributed by atoms with E-state index in [1.807, 2.05) is 13.1 Å². The standard InChI is InChI=1S/C21H36N4O2.HI/c1-3-26-15-11-21(9-10-21)17-24-20(22-2)23-16-18(19-8-7-14-27-19)25-12-5-4-6-13-25;/h7-8,14,18H,3-6,9-13,15-17H2,1-2H3,(H2,22,23,24);1H. The Morgan fingerprint density at radius 3 is 2.68 bits per heavy atom. The molecule has 2 fully saturated rings. The van der Waals surface area contributed by atoms with Crippen molar-refractivity contribution in [1.82, 2.24) is 15.5 Å². The zero-order valence-corrected chi connectivity index (χ0v) is 19.7. The molecule has 0 radical (unpaired) electrons. The van der Waals surface area contributed by atoms with Gasteiger partial charge in [0.2, 0.25) is 0 Å². The van der Waals surface area contributed by atoms with Gasteiger partial charge in [-0.1, -0.05) is 6.42 Å². The van der Waals surface area contributed by atoms with Crippen LogP contribution in [0.4, 0.5) is 0 Å². The lowest BCUT2D eigenvalue weighted by atomic mass is 10.0. The van der Waals surface area contributed by atoms with Crippen LogP contribution in [0.15, 0.2) is 27.8 Å². The minimum Gasteiger partial charge on any atom is -0.468 e. The van der Waals surface area contributed by atoms with E-state index in [1.54, 1.807) is 6.26 Å². The van der Waals surface area contributed by atoms with Crippen LogP contribution in [0.25, 0.3) is 0 Å². The molecule has 2 aliphatic rings. The number of furan rings is 1. The molecular formula is C21H37IN4O2. The van der Waals surface area contributed by atoms with E-state index in [-0.39, 0.29) is 30.0 Å². The number of hydrogen-bond donors (Lipinski definition) is 2. The van der Waals surface area contributed by atoms with E-state index in [0.717, 1.165) is 57.5 Å². The van der Waals surface area contributed by atoms with Crippen LogP contribution < -0.4 is 10.6 Å². The lowest BCUT2D eigenvalue weighted by Crippen LogP contribution is -2.45. The highest BCUT2D eigenvalue weighted by molar-refractivity contribution is 14.0. The van der Waals surface area contributed by atoms with Crippen molar-refractivity contribution in [3.8, 4) is 0 Å². The van der Waals surface area contributed by atoms with Crippen LogP contribution in [-0.2, 0) is 4.74 Å². The Balaban J connectivity index is 0.00000280. The molecule has 6 nitrogen and oxygen atoms in total. The zero-order valence-electron chi connectivity index (χ0n) is 17.4. The molecule has 160 valence electrons. The molecule has 0 spiro atoms. The maximum atomic E-state index is 5.74. The average molecular weight is 504 g/mol. The summed E-state index contributed by atoms with van der Waals surface area (Å²) in [4.78, 5) is 6.96. The first-order chi connectivity index (χ1) is 13.3. The fourth-order valence-electron chi connectivity index (χ4n) is 3.93. The van der Waals surface area contributed by atoms with E-state index < -0.39 is 0 Å². The molecule has 7 heteroatoms. The van der Waals surface area contributed by atoms with Crippen LogP contribution in [-0.4, -0.2) is 57.3 Å². The van der Waals surface area contributed by atoms with Crippen molar-refractivity contribution in [2.24, 2.45) is 10.4 Å². The summed E-state index contributed by atoms with van der Waals surface area (Å²) in [5.41, 5.74) is 0.403. The highest BCUT2D eigenvalue weighted by Crippen LogP contribution is 2.48. The first-order valence-electron chi connectivity index (χ1n) is 10.6. The van der Waals surface area contributed by atoms with Crippen molar-refractivity contribution in [2.75, 3.05) is 46.4 Å². The molecule has 28 heavy (non-hydrogen) atoms. The molecule has 1 aromatic rings. The Labute approximate surface area is 186 Å². The van der Waals surface area contributed by atoms with Gasteiger partial charge in [-0.15, -0.1) is 24.0 Å². The van der Waals surface area contributed by atoms with Gasteiger partial charge in [0, 0.05) is 33.4 Å². The topological polar surface area (TPSA) is 62.0 Å². The number of aliphatic imine (C=N–C) groups is 1. The number of nitrogens with one attached hydrogen (secondary N) is 2. The molecule has 1 unspecified atom stereocenters. The molecule has 1 atom stereocenters. The van der Waals surface area contributed by atoms with Crippen LogP contribution >= 0.6 is 24.0 Å². The molecule has 1 saturated carbocycles. The van der Waals surface area contributed by atoms with E-state index >= 15 is 0 Å². The summed E-state index contributed by atoms with van der Waals surface area (Å²) in [5.74, 6) is 1.92. The summed E-state index contributed by atoms with van der Waals surface area (Å²) < 4.78 is 11.3. The summed E-state index contributed by atoms with van der Waals surface area (Å²) in [7, 11) is 1.85. The fourth-order valence-corrected chi connectivity index (χ4v) is 3.93. The van der Waals surface area contributed by atoms with Crippen molar-refractivity contribution in [3.05, 3.63) is 24.2 Å². The Kier molecular flexibility index (Phi) is 10.1. The Bertz CT molecular complexity index is 569. The van der Waals surface area contributed by atoms with Crippen LogP contribution in [0, 0.1) is 5.41 Å². The summed E-state index contributed by atoms with van der Waals surface area (Å²) in [6.07, 6.45) is 9.35. The zero-order chi connectivity index (χ0) is 19.0. The number of hydrogen-bond acceptors (Lipinski definition) is 4. The molecule has 0 aromatic carbocycles. The van der Waals surface area contributed by atoms with Crippen LogP contribution in [0.2, 0.25) is 0 Å². The first kappa shape index (κ1) is 23.5. The van der Waals surface area contributed by atoms with Crippen molar-refractivity contribution in [3.63, 3.8) is 0 Å². The normalized spacial score (nSPS) is 20.3. The van der Waals surface area contributed by atoms with Crippen LogP contribution in [0.1, 0.15) is 57.3 Å². The number of guanidine groups is 1. The number of nitrogens with zero attached hydrogens (tertiary/aromatic N) is 2. The van der Waals surface area contributed by atoms with Crippen molar-refractivity contribution >= 4 is 29.9 Å². The first-order valence-corrected chi connectivity index (χ1v) is 10.6. The molecule has 1 aromatic heterocycles. The molecule has 2 heterocycles. The highest BCUT2D eigenvalue weighted by Gasteiger charge is 2.42. The maximum absolute atomic E-state index is 5.74. The molecule has 3 rings (SSSR count). The predicted molar refractivity (Wildman–Crippen MR) is 124 cm³/mol. The minimum absolute atomic E-state index is 0.